The van der Waals surface area contributed by atoms with Gasteiger partial charge in [0.05, 0.1) is 19.3 Å². The van der Waals surface area contributed by atoms with Crippen molar-refractivity contribution in [3.05, 3.63) is 65.5 Å². The van der Waals surface area contributed by atoms with Crippen LogP contribution in [-0.4, -0.2) is 30.1 Å². The molecule has 0 aliphatic carbocycles. The van der Waals surface area contributed by atoms with E-state index < -0.39 is 0 Å². The van der Waals surface area contributed by atoms with E-state index >= 15 is 0 Å². The number of carbonyl (C=O) groups is 1. The minimum absolute atomic E-state index is 0.0206. The molecule has 4 nitrogen and oxygen atoms in total. The van der Waals surface area contributed by atoms with Gasteiger partial charge in [-0.3, -0.25) is 9.78 Å². The molecule has 1 amide bonds. The molecular formula is C20H24N2O2. The molecule has 1 aliphatic heterocycles. The zero-order chi connectivity index (χ0) is 16.9. The minimum atomic E-state index is -0.0206. The number of pyridine rings is 1. The Morgan fingerprint density at radius 2 is 2.04 bits per heavy atom. The summed E-state index contributed by atoms with van der Waals surface area (Å²) in [7, 11) is 0. The van der Waals surface area contributed by atoms with Crippen LogP contribution in [0, 0.1) is 5.92 Å². The molecule has 24 heavy (non-hydrogen) atoms. The van der Waals surface area contributed by atoms with Gasteiger partial charge in [-0.05, 0) is 47.7 Å². The van der Waals surface area contributed by atoms with Crippen molar-refractivity contribution >= 4 is 5.91 Å². The fraction of sp³-hybridized carbons (Fsp3) is 0.400. The van der Waals surface area contributed by atoms with Crippen molar-refractivity contribution in [3.8, 4) is 0 Å². The molecule has 4 heteroatoms. The average Bonchev–Trinajstić information content (AvgIpc) is 3.02. The number of ether oxygens (including phenoxy) is 1. The highest BCUT2D eigenvalue weighted by Gasteiger charge is 2.29. The van der Waals surface area contributed by atoms with Gasteiger partial charge in [-0.1, -0.05) is 26.0 Å². The highest BCUT2D eigenvalue weighted by molar-refractivity contribution is 5.94. The van der Waals surface area contributed by atoms with Crippen LogP contribution in [0.15, 0.2) is 48.8 Å². The molecule has 3 rings (SSSR count). The van der Waals surface area contributed by atoms with E-state index in [2.05, 4.69) is 30.2 Å². The second kappa shape index (κ2) is 7.58. The fourth-order valence-electron chi connectivity index (χ4n) is 3.07. The Morgan fingerprint density at radius 1 is 1.25 bits per heavy atom. The molecule has 1 fully saturated rings. The Bertz CT molecular complexity index is 685. The number of nitrogens with zero attached hydrogens (tertiary/aromatic N) is 1. The fourth-order valence-corrected chi connectivity index (χ4v) is 3.07. The van der Waals surface area contributed by atoms with Gasteiger partial charge in [0.2, 0.25) is 0 Å². The molecule has 0 spiro atoms. The van der Waals surface area contributed by atoms with Crippen LogP contribution in [0.2, 0.25) is 0 Å². The highest BCUT2D eigenvalue weighted by Crippen LogP contribution is 2.20. The third-order valence-electron chi connectivity index (χ3n) is 4.58. The summed E-state index contributed by atoms with van der Waals surface area (Å²) >= 11 is 0. The predicted molar refractivity (Wildman–Crippen MR) is 94.0 cm³/mol. The van der Waals surface area contributed by atoms with Gasteiger partial charge >= 0.3 is 0 Å². The third-order valence-corrected chi connectivity index (χ3v) is 4.58. The topological polar surface area (TPSA) is 51.2 Å². The predicted octanol–water partition coefficient (Wildman–Crippen LogP) is 3.19. The molecular weight excluding hydrogens is 300 g/mol. The first-order valence-corrected chi connectivity index (χ1v) is 8.51. The lowest BCUT2D eigenvalue weighted by molar-refractivity contribution is 0.0925. The maximum atomic E-state index is 12.6. The number of hydrogen-bond donors (Lipinski definition) is 1. The SMILES string of the molecule is CC(C)c1cccc(C(=O)N[C@H]2COC[C@H]2Cc2ccncc2)c1. The normalized spacial score (nSPS) is 20.3. The first-order valence-electron chi connectivity index (χ1n) is 8.51. The largest absolute Gasteiger partial charge is 0.379 e. The molecule has 0 unspecified atom stereocenters. The summed E-state index contributed by atoms with van der Waals surface area (Å²) in [6, 6.07) is 11.9. The van der Waals surface area contributed by atoms with Gasteiger partial charge in [-0.25, -0.2) is 0 Å². The Labute approximate surface area is 143 Å². The van der Waals surface area contributed by atoms with E-state index in [-0.39, 0.29) is 11.9 Å². The lowest BCUT2D eigenvalue weighted by Gasteiger charge is -2.19. The van der Waals surface area contributed by atoms with E-state index in [1.54, 1.807) is 12.4 Å². The lowest BCUT2D eigenvalue weighted by Crippen LogP contribution is -2.40. The van der Waals surface area contributed by atoms with Gasteiger partial charge in [0.15, 0.2) is 0 Å². The number of rotatable bonds is 5. The molecule has 2 aromatic rings. The quantitative estimate of drug-likeness (QED) is 0.919. The molecule has 0 radical (unpaired) electrons. The van der Waals surface area contributed by atoms with Crippen LogP contribution >= 0.6 is 0 Å². The van der Waals surface area contributed by atoms with Gasteiger partial charge in [0, 0.05) is 23.9 Å². The summed E-state index contributed by atoms with van der Waals surface area (Å²) in [5, 5.41) is 3.15. The molecule has 2 atom stereocenters. The number of amides is 1. The standard InChI is InChI=1S/C20H24N2O2/c1-14(2)16-4-3-5-17(11-16)20(23)22-19-13-24-12-18(19)10-15-6-8-21-9-7-15/h3-9,11,14,18-19H,10,12-13H2,1-2H3,(H,22,23)/t18-,19+/m1/s1. The molecule has 1 saturated heterocycles. The summed E-state index contributed by atoms with van der Waals surface area (Å²) < 4.78 is 5.61. The zero-order valence-electron chi connectivity index (χ0n) is 14.2. The molecule has 0 bridgehead atoms. The highest BCUT2D eigenvalue weighted by atomic mass is 16.5. The number of nitrogens with one attached hydrogen (secondary N) is 1. The van der Waals surface area contributed by atoms with Crippen LogP contribution < -0.4 is 5.32 Å². The summed E-state index contributed by atoms with van der Waals surface area (Å²) in [5.41, 5.74) is 3.12. The number of aromatic nitrogens is 1. The smallest absolute Gasteiger partial charge is 0.251 e. The first-order chi connectivity index (χ1) is 11.6. The van der Waals surface area contributed by atoms with E-state index in [1.807, 2.05) is 30.3 Å². The van der Waals surface area contributed by atoms with Crippen molar-refractivity contribution in [2.45, 2.75) is 32.2 Å². The van der Waals surface area contributed by atoms with Crippen molar-refractivity contribution in [3.63, 3.8) is 0 Å². The summed E-state index contributed by atoms with van der Waals surface area (Å²) in [5.74, 6) is 0.685. The van der Waals surface area contributed by atoms with Crippen molar-refractivity contribution < 1.29 is 9.53 Å². The maximum Gasteiger partial charge on any atom is 0.251 e. The molecule has 2 heterocycles. The maximum absolute atomic E-state index is 12.6. The van der Waals surface area contributed by atoms with Crippen molar-refractivity contribution in [1.29, 1.82) is 0 Å². The van der Waals surface area contributed by atoms with Crippen LogP contribution in [0.1, 0.15) is 41.3 Å². The van der Waals surface area contributed by atoms with E-state index in [4.69, 9.17) is 4.74 Å². The van der Waals surface area contributed by atoms with Gasteiger partial charge in [0.25, 0.3) is 5.91 Å². The Kier molecular flexibility index (Phi) is 5.26. The molecule has 126 valence electrons. The second-order valence-electron chi connectivity index (χ2n) is 6.72. The summed E-state index contributed by atoms with van der Waals surface area (Å²) in [6.45, 7) is 5.52. The van der Waals surface area contributed by atoms with E-state index in [1.165, 1.54) is 11.1 Å². The molecule has 0 saturated carbocycles. The molecule has 1 aliphatic rings. The first kappa shape index (κ1) is 16.7. The summed E-state index contributed by atoms with van der Waals surface area (Å²) in [6.07, 6.45) is 4.49. The third kappa shape index (κ3) is 4.01. The Hall–Kier alpha value is -2.20. The van der Waals surface area contributed by atoms with Gasteiger partial charge in [0.1, 0.15) is 0 Å². The molecule has 1 aromatic carbocycles. The average molecular weight is 324 g/mol. The van der Waals surface area contributed by atoms with Crippen LogP contribution in [0.25, 0.3) is 0 Å². The van der Waals surface area contributed by atoms with Crippen LogP contribution in [-0.2, 0) is 11.2 Å². The monoisotopic (exact) mass is 324 g/mol. The summed E-state index contributed by atoms with van der Waals surface area (Å²) in [4.78, 5) is 16.6. The number of hydrogen-bond acceptors (Lipinski definition) is 3. The molecule has 1 aromatic heterocycles. The number of benzene rings is 1. The van der Waals surface area contributed by atoms with Gasteiger partial charge < -0.3 is 10.1 Å². The zero-order valence-corrected chi connectivity index (χ0v) is 14.2. The second-order valence-corrected chi connectivity index (χ2v) is 6.72. The van der Waals surface area contributed by atoms with Crippen LogP contribution in [0.5, 0.6) is 0 Å². The van der Waals surface area contributed by atoms with Crippen LogP contribution in [0.4, 0.5) is 0 Å². The van der Waals surface area contributed by atoms with Crippen molar-refractivity contribution in [2.24, 2.45) is 5.92 Å². The van der Waals surface area contributed by atoms with Gasteiger partial charge in [-0.2, -0.15) is 0 Å². The lowest BCUT2D eigenvalue weighted by atomic mass is 9.95. The van der Waals surface area contributed by atoms with Crippen molar-refractivity contribution in [2.75, 3.05) is 13.2 Å². The van der Waals surface area contributed by atoms with E-state index in [9.17, 15) is 4.79 Å². The van der Waals surface area contributed by atoms with E-state index in [0.29, 0.717) is 25.0 Å². The van der Waals surface area contributed by atoms with Gasteiger partial charge in [-0.15, -0.1) is 0 Å². The Morgan fingerprint density at radius 3 is 2.79 bits per heavy atom. The minimum Gasteiger partial charge on any atom is -0.379 e. The van der Waals surface area contributed by atoms with Crippen molar-refractivity contribution in [1.82, 2.24) is 10.3 Å². The molecule has 1 N–H and O–H groups in total. The number of carbonyl (C=O) groups excluding carboxylic acids is 1. The van der Waals surface area contributed by atoms with E-state index in [0.717, 1.165) is 12.0 Å². The Balaban J connectivity index is 1.66. The van der Waals surface area contributed by atoms with Crippen LogP contribution in [0.3, 0.4) is 0 Å².